The lowest BCUT2D eigenvalue weighted by Gasteiger charge is -2.35. The second-order valence-corrected chi connectivity index (χ2v) is 7.69. The molecule has 0 bridgehead atoms. The third-order valence-corrected chi connectivity index (χ3v) is 5.80. The summed E-state index contributed by atoms with van der Waals surface area (Å²) in [4.78, 5) is 31.3. The van der Waals surface area contributed by atoms with Crippen LogP contribution in [0.3, 0.4) is 0 Å². The lowest BCUT2D eigenvalue weighted by atomic mass is 10.2. The van der Waals surface area contributed by atoms with E-state index in [1.165, 1.54) is 18.9 Å². The number of anilines is 2. The lowest BCUT2D eigenvalue weighted by molar-refractivity contribution is 0.0715. The van der Waals surface area contributed by atoms with Crippen molar-refractivity contribution in [2.45, 2.75) is 12.8 Å². The van der Waals surface area contributed by atoms with E-state index in [1.54, 1.807) is 29.2 Å². The first-order valence-corrected chi connectivity index (χ1v) is 10.3. The van der Waals surface area contributed by atoms with Gasteiger partial charge in [0, 0.05) is 45.3 Å². The average molecular weight is 405 g/mol. The van der Waals surface area contributed by atoms with Gasteiger partial charge in [0.15, 0.2) is 22.8 Å². The van der Waals surface area contributed by atoms with Crippen LogP contribution in [0.1, 0.15) is 23.4 Å². The number of nitrogens with zero attached hydrogens (tertiary/aromatic N) is 5. The van der Waals surface area contributed by atoms with E-state index in [1.807, 2.05) is 12.1 Å². The molecule has 0 saturated carbocycles. The van der Waals surface area contributed by atoms with Crippen LogP contribution in [-0.4, -0.2) is 60.3 Å². The zero-order valence-corrected chi connectivity index (χ0v) is 16.7. The minimum atomic E-state index is -0.257. The minimum absolute atomic E-state index is 0.0851. The van der Waals surface area contributed by atoms with Gasteiger partial charge in [-0.3, -0.25) is 9.59 Å². The van der Waals surface area contributed by atoms with Crippen molar-refractivity contribution in [3.8, 4) is 0 Å². The minimum Gasteiger partial charge on any atom is -0.451 e. The Morgan fingerprint density at radius 3 is 2.13 bits per heavy atom. The summed E-state index contributed by atoms with van der Waals surface area (Å²) in [6.07, 6.45) is 2.41. The highest BCUT2D eigenvalue weighted by Crippen LogP contribution is 2.20. The number of piperazine rings is 1. The van der Waals surface area contributed by atoms with E-state index in [0.717, 1.165) is 24.7 Å². The molecule has 1 aromatic carbocycles. The number of carbonyl (C=O) groups excluding carboxylic acids is 1. The van der Waals surface area contributed by atoms with E-state index in [-0.39, 0.29) is 17.1 Å². The van der Waals surface area contributed by atoms with Crippen LogP contribution in [0.5, 0.6) is 0 Å². The molecular weight excluding hydrogens is 382 g/mol. The second kappa shape index (κ2) is 7.78. The standard InChI is InChI=1S/C22H23N5O3/c28-17-15-19(30-18-6-2-1-5-16(17)18)22(29)27-13-11-26(12-14-27)21-8-7-20(23-24-21)25-9-3-4-10-25/h1-2,5-8,15H,3-4,9-14H2. The fourth-order valence-electron chi connectivity index (χ4n) is 4.11. The molecule has 3 aromatic rings. The number of aromatic nitrogens is 2. The van der Waals surface area contributed by atoms with Gasteiger partial charge >= 0.3 is 0 Å². The van der Waals surface area contributed by atoms with E-state index in [9.17, 15) is 9.59 Å². The van der Waals surface area contributed by atoms with Gasteiger partial charge < -0.3 is 19.1 Å². The Bertz CT molecular complexity index is 1110. The molecule has 1 amide bonds. The summed E-state index contributed by atoms with van der Waals surface area (Å²) in [6.45, 7) is 4.46. The highest BCUT2D eigenvalue weighted by molar-refractivity contribution is 5.93. The molecule has 154 valence electrons. The van der Waals surface area contributed by atoms with Crippen molar-refractivity contribution < 1.29 is 9.21 Å². The summed E-state index contributed by atoms with van der Waals surface area (Å²) in [7, 11) is 0. The number of amides is 1. The molecular formula is C22H23N5O3. The largest absolute Gasteiger partial charge is 0.451 e. The average Bonchev–Trinajstić information content (AvgIpc) is 3.34. The van der Waals surface area contributed by atoms with Crippen molar-refractivity contribution in [3.05, 3.63) is 58.4 Å². The molecule has 0 N–H and O–H groups in total. The predicted molar refractivity (Wildman–Crippen MR) is 114 cm³/mol. The van der Waals surface area contributed by atoms with Gasteiger partial charge in [-0.2, -0.15) is 0 Å². The molecule has 8 heteroatoms. The number of rotatable bonds is 3. The number of benzene rings is 1. The van der Waals surface area contributed by atoms with Gasteiger partial charge in [0.05, 0.1) is 5.39 Å². The van der Waals surface area contributed by atoms with Gasteiger partial charge in [0.25, 0.3) is 5.91 Å². The molecule has 2 fully saturated rings. The molecule has 4 heterocycles. The summed E-state index contributed by atoms with van der Waals surface area (Å²) >= 11 is 0. The maximum absolute atomic E-state index is 12.9. The Balaban J connectivity index is 1.25. The Morgan fingerprint density at radius 1 is 0.833 bits per heavy atom. The van der Waals surface area contributed by atoms with Gasteiger partial charge in [-0.05, 0) is 37.1 Å². The molecule has 5 rings (SSSR count). The van der Waals surface area contributed by atoms with E-state index >= 15 is 0 Å². The predicted octanol–water partition coefficient (Wildman–Crippen LogP) is 2.15. The van der Waals surface area contributed by atoms with Crippen LogP contribution in [0.15, 0.2) is 51.7 Å². The Kier molecular flexibility index (Phi) is 4.82. The van der Waals surface area contributed by atoms with Crippen LogP contribution in [0.2, 0.25) is 0 Å². The first-order chi connectivity index (χ1) is 14.7. The number of fused-ring (bicyclic) bond motifs is 1. The molecule has 0 aliphatic carbocycles. The summed E-state index contributed by atoms with van der Waals surface area (Å²) in [5.41, 5.74) is 0.229. The summed E-state index contributed by atoms with van der Waals surface area (Å²) in [5, 5.41) is 9.25. The van der Waals surface area contributed by atoms with Crippen molar-refractivity contribution in [1.82, 2.24) is 15.1 Å². The van der Waals surface area contributed by atoms with Gasteiger partial charge in [-0.15, -0.1) is 10.2 Å². The first-order valence-electron chi connectivity index (χ1n) is 10.3. The highest BCUT2D eigenvalue weighted by Gasteiger charge is 2.25. The zero-order chi connectivity index (χ0) is 20.5. The second-order valence-electron chi connectivity index (χ2n) is 7.69. The monoisotopic (exact) mass is 405 g/mol. The summed E-state index contributed by atoms with van der Waals surface area (Å²) < 4.78 is 5.70. The lowest BCUT2D eigenvalue weighted by Crippen LogP contribution is -2.49. The molecule has 2 aliphatic rings. The Morgan fingerprint density at radius 2 is 1.47 bits per heavy atom. The van der Waals surface area contributed by atoms with Crippen LogP contribution < -0.4 is 15.2 Å². The SMILES string of the molecule is O=C(c1cc(=O)c2ccccc2o1)N1CCN(c2ccc(N3CCCC3)nn2)CC1. The maximum atomic E-state index is 12.9. The van der Waals surface area contributed by atoms with Crippen molar-refractivity contribution in [2.24, 2.45) is 0 Å². The Hall–Kier alpha value is -3.42. The zero-order valence-electron chi connectivity index (χ0n) is 16.7. The molecule has 0 spiro atoms. The Labute approximate surface area is 173 Å². The van der Waals surface area contributed by atoms with Crippen molar-refractivity contribution in [1.29, 1.82) is 0 Å². The smallest absolute Gasteiger partial charge is 0.289 e. The number of hydrogen-bond donors (Lipinski definition) is 0. The molecule has 2 saturated heterocycles. The molecule has 0 atom stereocenters. The van der Waals surface area contributed by atoms with Gasteiger partial charge in [0.1, 0.15) is 5.58 Å². The maximum Gasteiger partial charge on any atom is 0.289 e. The van der Waals surface area contributed by atoms with E-state index < -0.39 is 0 Å². The topological polar surface area (TPSA) is 82.8 Å². The fraction of sp³-hybridized carbons (Fsp3) is 0.364. The summed E-state index contributed by atoms with van der Waals surface area (Å²) in [5.74, 6) is 1.58. The molecule has 2 aliphatic heterocycles. The van der Waals surface area contributed by atoms with Gasteiger partial charge in [-0.25, -0.2) is 0 Å². The van der Waals surface area contributed by atoms with Crippen LogP contribution in [0.25, 0.3) is 11.0 Å². The first kappa shape index (κ1) is 18.6. The molecule has 2 aromatic heterocycles. The number of para-hydroxylation sites is 1. The number of carbonyl (C=O) groups is 1. The van der Waals surface area contributed by atoms with Crippen molar-refractivity contribution >= 4 is 28.5 Å². The fourth-order valence-corrected chi connectivity index (χ4v) is 4.11. The molecule has 0 radical (unpaired) electrons. The van der Waals surface area contributed by atoms with Crippen LogP contribution in [-0.2, 0) is 0 Å². The normalized spacial score (nSPS) is 17.0. The quantitative estimate of drug-likeness (QED) is 0.660. The third-order valence-electron chi connectivity index (χ3n) is 5.80. The molecule has 0 unspecified atom stereocenters. The van der Waals surface area contributed by atoms with Gasteiger partial charge in [0.2, 0.25) is 0 Å². The van der Waals surface area contributed by atoms with Crippen molar-refractivity contribution in [3.63, 3.8) is 0 Å². The van der Waals surface area contributed by atoms with Crippen LogP contribution in [0, 0.1) is 0 Å². The number of hydrogen-bond acceptors (Lipinski definition) is 7. The van der Waals surface area contributed by atoms with E-state index in [4.69, 9.17) is 4.42 Å². The highest BCUT2D eigenvalue weighted by atomic mass is 16.3. The van der Waals surface area contributed by atoms with Crippen LogP contribution >= 0.6 is 0 Å². The summed E-state index contributed by atoms with van der Waals surface area (Å²) in [6, 6.07) is 12.3. The van der Waals surface area contributed by atoms with Crippen molar-refractivity contribution in [2.75, 3.05) is 49.1 Å². The van der Waals surface area contributed by atoms with E-state index in [2.05, 4.69) is 20.0 Å². The van der Waals surface area contributed by atoms with E-state index in [0.29, 0.717) is 37.1 Å². The third kappa shape index (κ3) is 3.49. The van der Waals surface area contributed by atoms with Gasteiger partial charge in [-0.1, -0.05) is 12.1 Å². The van der Waals surface area contributed by atoms with Crippen LogP contribution in [0.4, 0.5) is 11.6 Å². The molecule has 8 nitrogen and oxygen atoms in total. The molecule has 30 heavy (non-hydrogen) atoms.